The van der Waals surface area contributed by atoms with Crippen LogP contribution in [0.2, 0.25) is 0 Å². The summed E-state index contributed by atoms with van der Waals surface area (Å²) in [7, 11) is 4.06. The molecule has 0 atom stereocenters. The van der Waals surface area contributed by atoms with Gasteiger partial charge in [0.1, 0.15) is 5.82 Å². The molecule has 0 bridgehead atoms. The number of nitrogens with zero attached hydrogens (tertiary/aromatic N) is 2. The van der Waals surface area contributed by atoms with E-state index in [0.717, 1.165) is 24.5 Å². The molecule has 3 nitrogen and oxygen atoms in total. The van der Waals surface area contributed by atoms with Gasteiger partial charge in [-0.15, -0.1) is 0 Å². The highest BCUT2D eigenvalue weighted by Gasteiger charge is 2.12. The highest BCUT2D eigenvalue weighted by atomic mass is 15.1. The lowest BCUT2D eigenvalue weighted by Crippen LogP contribution is -2.11. The lowest BCUT2D eigenvalue weighted by molar-refractivity contribution is 0.695. The number of nitrogens with one attached hydrogen (secondary N) is 1. The predicted octanol–water partition coefficient (Wildman–Crippen LogP) is 2.66. The van der Waals surface area contributed by atoms with Gasteiger partial charge in [0, 0.05) is 19.2 Å². The van der Waals surface area contributed by atoms with Gasteiger partial charge in [-0.2, -0.15) is 0 Å². The molecule has 0 unspecified atom stereocenters. The van der Waals surface area contributed by atoms with Gasteiger partial charge in [0.15, 0.2) is 0 Å². The number of aryl methyl sites for hydroxylation is 2. The second-order valence-electron chi connectivity index (χ2n) is 5.19. The molecule has 0 saturated carbocycles. The average molecular weight is 257 g/mol. The van der Waals surface area contributed by atoms with Crippen LogP contribution in [-0.4, -0.2) is 16.6 Å². The number of aromatic nitrogens is 2. The molecule has 1 N–H and O–H groups in total. The van der Waals surface area contributed by atoms with Crippen LogP contribution < -0.4 is 5.32 Å². The molecule has 0 aliphatic heterocycles. The van der Waals surface area contributed by atoms with Crippen LogP contribution in [0.25, 0.3) is 0 Å². The van der Waals surface area contributed by atoms with Crippen molar-refractivity contribution in [1.82, 2.24) is 14.9 Å². The van der Waals surface area contributed by atoms with Gasteiger partial charge in [-0.25, -0.2) is 4.98 Å². The molecule has 0 fully saturated rings. The molecule has 3 heteroatoms. The Morgan fingerprint density at radius 1 is 1.21 bits per heavy atom. The maximum Gasteiger partial charge on any atom is 0.122 e. The largest absolute Gasteiger partial charge is 0.333 e. The van der Waals surface area contributed by atoms with Gasteiger partial charge in [0.2, 0.25) is 0 Å². The zero-order valence-electron chi connectivity index (χ0n) is 12.5. The van der Waals surface area contributed by atoms with E-state index in [0.29, 0.717) is 0 Å². The van der Waals surface area contributed by atoms with Crippen molar-refractivity contribution in [2.24, 2.45) is 7.05 Å². The molecule has 102 valence electrons. The Bertz CT molecular complexity index is 582. The van der Waals surface area contributed by atoms with Gasteiger partial charge in [-0.3, -0.25) is 0 Å². The highest BCUT2D eigenvalue weighted by molar-refractivity contribution is 5.36. The lowest BCUT2D eigenvalue weighted by Gasteiger charge is -2.10. The van der Waals surface area contributed by atoms with E-state index >= 15 is 0 Å². The summed E-state index contributed by atoms with van der Waals surface area (Å²) in [4.78, 5) is 4.65. The van der Waals surface area contributed by atoms with E-state index in [4.69, 9.17) is 0 Å². The first-order chi connectivity index (χ1) is 9.04. The lowest BCUT2D eigenvalue weighted by atomic mass is 9.99. The van der Waals surface area contributed by atoms with Gasteiger partial charge < -0.3 is 9.88 Å². The van der Waals surface area contributed by atoms with E-state index in [2.05, 4.69) is 60.9 Å². The fourth-order valence-electron chi connectivity index (χ4n) is 2.48. The number of hydrogen-bond donors (Lipinski definition) is 1. The molecule has 0 aliphatic rings. The minimum atomic E-state index is 0.810. The molecular formula is C16H23N3. The fourth-order valence-corrected chi connectivity index (χ4v) is 2.48. The molecule has 2 rings (SSSR count). The summed E-state index contributed by atoms with van der Waals surface area (Å²) in [6.45, 7) is 7.27. The summed E-state index contributed by atoms with van der Waals surface area (Å²) >= 11 is 0. The van der Waals surface area contributed by atoms with Crippen molar-refractivity contribution in [2.45, 2.75) is 33.7 Å². The Balaban J connectivity index is 2.36. The summed E-state index contributed by atoms with van der Waals surface area (Å²) in [6, 6.07) is 6.52. The van der Waals surface area contributed by atoms with Crippen LogP contribution in [0.1, 0.15) is 33.9 Å². The van der Waals surface area contributed by atoms with Crippen LogP contribution in [0.15, 0.2) is 18.2 Å². The van der Waals surface area contributed by atoms with Crippen molar-refractivity contribution in [1.29, 1.82) is 0 Å². The van der Waals surface area contributed by atoms with Crippen molar-refractivity contribution in [2.75, 3.05) is 7.05 Å². The molecule has 1 aromatic heterocycles. The topological polar surface area (TPSA) is 29.9 Å². The van der Waals surface area contributed by atoms with Crippen molar-refractivity contribution in [3.05, 3.63) is 52.1 Å². The molecular weight excluding hydrogens is 234 g/mol. The normalized spacial score (nSPS) is 11.0. The van der Waals surface area contributed by atoms with Gasteiger partial charge in [0.05, 0.1) is 12.2 Å². The van der Waals surface area contributed by atoms with Crippen LogP contribution in [-0.2, 0) is 20.0 Å². The Morgan fingerprint density at radius 2 is 1.95 bits per heavy atom. The van der Waals surface area contributed by atoms with E-state index in [1.165, 1.54) is 22.4 Å². The van der Waals surface area contributed by atoms with Gasteiger partial charge in [-0.05, 0) is 44.5 Å². The standard InChI is InChI=1S/C16H23N3/c1-11-7-6-8-14(12(11)2)9-15-13(3)18-16(10-17-4)19(15)5/h6-8,17H,9-10H2,1-5H3. The quantitative estimate of drug-likeness (QED) is 0.912. The van der Waals surface area contributed by atoms with E-state index in [1.54, 1.807) is 0 Å². The first-order valence-electron chi connectivity index (χ1n) is 6.75. The van der Waals surface area contributed by atoms with Gasteiger partial charge >= 0.3 is 0 Å². The third kappa shape index (κ3) is 2.71. The second-order valence-corrected chi connectivity index (χ2v) is 5.19. The second kappa shape index (κ2) is 5.57. The smallest absolute Gasteiger partial charge is 0.122 e. The molecule has 0 radical (unpaired) electrons. The molecule has 1 heterocycles. The van der Waals surface area contributed by atoms with Crippen molar-refractivity contribution in [3.8, 4) is 0 Å². The zero-order chi connectivity index (χ0) is 14.0. The van der Waals surface area contributed by atoms with E-state index in [9.17, 15) is 0 Å². The maximum absolute atomic E-state index is 4.65. The predicted molar refractivity (Wildman–Crippen MR) is 79.4 cm³/mol. The third-order valence-electron chi connectivity index (χ3n) is 3.92. The molecule has 0 aliphatic carbocycles. The van der Waals surface area contributed by atoms with E-state index < -0.39 is 0 Å². The first-order valence-corrected chi connectivity index (χ1v) is 6.75. The van der Waals surface area contributed by atoms with Crippen molar-refractivity contribution in [3.63, 3.8) is 0 Å². The van der Waals surface area contributed by atoms with Crippen LogP contribution in [0, 0.1) is 20.8 Å². The minimum Gasteiger partial charge on any atom is -0.333 e. The molecule has 0 amide bonds. The average Bonchev–Trinajstić information content (AvgIpc) is 2.63. The summed E-state index contributed by atoms with van der Waals surface area (Å²) in [5, 5.41) is 3.17. The minimum absolute atomic E-state index is 0.810. The SMILES string of the molecule is CNCc1nc(C)c(Cc2cccc(C)c2C)n1C. The molecule has 2 aromatic rings. The van der Waals surface area contributed by atoms with E-state index in [1.807, 2.05) is 7.05 Å². The van der Waals surface area contributed by atoms with Crippen molar-refractivity contribution >= 4 is 0 Å². The third-order valence-corrected chi connectivity index (χ3v) is 3.92. The fraction of sp³-hybridized carbons (Fsp3) is 0.438. The Kier molecular flexibility index (Phi) is 4.05. The van der Waals surface area contributed by atoms with E-state index in [-0.39, 0.29) is 0 Å². The molecule has 19 heavy (non-hydrogen) atoms. The number of benzene rings is 1. The van der Waals surface area contributed by atoms with Crippen LogP contribution >= 0.6 is 0 Å². The molecule has 1 aromatic carbocycles. The summed E-state index contributed by atoms with van der Waals surface area (Å²) in [5.41, 5.74) is 6.57. The van der Waals surface area contributed by atoms with Crippen LogP contribution in [0.4, 0.5) is 0 Å². The number of rotatable bonds is 4. The summed E-state index contributed by atoms with van der Waals surface area (Å²) in [6.07, 6.45) is 0.951. The Labute approximate surface area is 115 Å². The zero-order valence-corrected chi connectivity index (χ0v) is 12.5. The van der Waals surface area contributed by atoms with Crippen LogP contribution in [0.5, 0.6) is 0 Å². The van der Waals surface area contributed by atoms with Crippen molar-refractivity contribution < 1.29 is 0 Å². The Hall–Kier alpha value is -1.61. The first kappa shape index (κ1) is 13.8. The number of hydrogen-bond acceptors (Lipinski definition) is 2. The van der Waals surface area contributed by atoms with Crippen LogP contribution in [0.3, 0.4) is 0 Å². The Morgan fingerprint density at radius 3 is 2.63 bits per heavy atom. The highest BCUT2D eigenvalue weighted by Crippen LogP contribution is 2.19. The maximum atomic E-state index is 4.65. The monoisotopic (exact) mass is 257 g/mol. The summed E-state index contributed by atoms with van der Waals surface area (Å²) < 4.78 is 2.22. The number of imidazole rings is 1. The molecule has 0 spiro atoms. The molecule has 0 saturated heterocycles. The van der Waals surface area contributed by atoms with Gasteiger partial charge in [0.25, 0.3) is 0 Å². The summed E-state index contributed by atoms with van der Waals surface area (Å²) in [5.74, 6) is 1.10. The van der Waals surface area contributed by atoms with Gasteiger partial charge in [-0.1, -0.05) is 18.2 Å².